The number of likely N-dealkylation sites (tertiary alicyclic amines) is 1. The van der Waals surface area contributed by atoms with Gasteiger partial charge in [0.25, 0.3) is 0 Å². The zero-order valence-electron chi connectivity index (χ0n) is 12.0. The van der Waals surface area contributed by atoms with Gasteiger partial charge in [-0.1, -0.05) is 12.1 Å². The van der Waals surface area contributed by atoms with Gasteiger partial charge in [-0.05, 0) is 38.8 Å². The molecule has 1 aliphatic heterocycles. The fourth-order valence-electron chi connectivity index (χ4n) is 2.52. The van der Waals surface area contributed by atoms with Crippen LogP contribution in [0.1, 0.15) is 37.0 Å². The minimum Gasteiger partial charge on any atom is -0.480 e. The number of hydrogen-bond acceptors (Lipinski definition) is 3. The first kappa shape index (κ1) is 15.0. The number of ketones is 1. The van der Waals surface area contributed by atoms with E-state index in [1.165, 1.54) is 11.8 Å². The first-order valence-corrected chi connectivity index (χ1v) is 6.77. The number of carboxylic acid groups (broad SMARTS) is 1. The van der Waals surface area contributed by atoms with Crippen molar-refractivity contribution in [2.75, 3.05) is 11.9 Å². The molecule has 0 radical (unpaired) electrons. The number of aliphatic carboxylic acids is 1. The van der Waals surface area contributed by atoms with E-state index in [1.807, 2.05) is 0 Å². The third-order valence-electron chi connectivity index (χ3n) is 3.87. The van der Waals surface area contributed by atoms with Crippen molar-refractivity contribution in [3.05, 3.63) is 29.8 Å². The molecule has 21 heavy (non-hydrogen) atoms. The second kappa shape index (κ2) is 5.55. The van der Waals surface area contributed by atoms with Gasteiger partial charge in [-0.15, -0.1) is 0 Å². The van der Waals surface area contributed by atoms with Gasteiger partial charge in [0.2, 0.25) is 0 Å². The summed E-state index contributed by atoms with van der Waals surface area (Å²) in [5.74, 6) is -1.10. The summed E-state index contributed by atoms with van der Waals surface area (Å²) in [7, 11) is 0. The van der Waals surface area contributed by atoms with Crippen molar-refractivity contribution in [3.8, 4) is 0 Å². The Kier molecular flexibility index (Phi) is 3.97. The quantitative estimate of drug-likeness (QED) is 0.837. The van der Waals surface area contributed by atoms with Crippen LogP contribution in [0.2, 0.25) is 0 Å². The number of benzene rings is 1. The molecule has 1 aromatic rings. The van der Waals surface area contributed by atoms with Crippen LogP contribution >= 0.6 is 0 Å². The number of carbonyl (C=O) groups excluding carboxylic acids is 2. The zero-order valence-corrected chi connectivity index (χ0v) is 12.0. The highest BCUT2D eigenvalue weighted by atomic mass is 16.4. The number of nitrogens with zero attached hydrogens (tertiary/aromatic N) is 1. The van der Waals surface area contributed by atoms with Gasteiger partial charge >= 0.3 is 12.0 Å². The second-order valence-electron chi connectivity index (χ2n) is 5.40. The molecule has 1 saturated heterocycles. The smallest absolute Gasteiger partial charge is 0.329 e. The monoisotopic (exact) mass is 290 g/mol. The summed E-state index contributed by atoms with van der Waals surface area (Å²) < 4.78 is 0. The van der Waals surface area contributed by atoms with Crippen molar-refractivity contribution in [2.24, 2.45) is 0 Å². The summed E-state index contributed by atoms with van der Waals surface area (Å²) in [4.78, 5) is 36.3. The van der Waals surface area contributed by atoms with Crippen LogP contribution in [-0.4, -0.2) is 39.9 Å². The topological polar surface area (TPSA) is 86.7 Å². The van der Waals surface area contributed by atoms with E-state index in [0.29, 0.717) is 30.6 Å². The third kappa shape index (κ3) is 2.89. The summed E-state index contributed by atoms with van der Waals surface area (Å²) >= 11 is 0. The van der Waals surface area contributed by atoms with Crippen LogP contribution in [-0.2, 0) is 4.79 Å². The first-order valence-electron chi connectivity index (χ1n) is 6.77. The van der Waals surface area contributed by atoms with Gasteiger partial charge < -0.3 is 15.3 Å². The van der Waals surface area contributed by atoms with Crippen LogP contribution in [0, 0.1) is 0 Å². The fourth-order valence-corrected chi connectivity index (χ4v) is 2.52. The van der Waals surface area contributed by atoms with E-state index < -0.39 is 17.5 Å². The van der Waals surface area contributed by atoms with Gasteiger partial charge in [0.1, 0.15) is 5.54 Å². The van der Waals surface area contributed by atoms with E-state index in [9.17, 15) is 19.5 Å². The normalized spacial score (nSPS) is 21.1. The van der Waals surface area contributed by atoms with Crippen LogP contribution in [0.15, 0.2) is 24.3 Å². The van der Waals surface area contributed by atoms with Gasteiger partial charge in [-0.25, -0.2) is 9.59 Å². The van der Waals surface area contributed by atoms with Crippen molar-refractivity contribution in [1.29, 1.82) is 0 Å². The van der Waals surface area contributed by atoms with Gasteiger partial charge in [0.05, 0.1) is 0 Å². The molecule has 1 heterocycles. The van der Waals surface area contributed by atoms with E-state index in [4.69, 9.17) is 0 Å². The fraction of sp³-hybridized carbons (Fsp3) is 0.400. The number of hydrogen-bond donors (Lipinski definition) is 2. The summed E-state index contributed by atoms with van der Waals surface area (Å²) in [5, 5.41) is 12.0. The molecule has 0 aliphatic carbocycles. The zero-order chi connectivity index (χ0) is 15.6. The summed E-state index contributed by atoms with van der Waals surface area (Å²) in [5.41, 5.74) is -0.204. The molecule has 1 aromatic carbocycles. The number of urea groups is 1. The van der Waals surface area contributed by atoms with Gasteiger partial charge in [0.15, 0.2) is 5.78 Å². The summed E-state index contributed by atoms with van der Waals surface area (Å²) in [6.07, 6.45) is 1.09. The average molecular weight is 290 g/mol. The second-order valence-corrected chi connectivity index (χ2v) is 5.40. The molecule has 0 saturated carbocycles. The molecule has 2 amide bonds. The minimum absolute atomic E-state index is 0.0948. The standard InChI is InChI=1S/C15H18N2O4/c1-10(18)11-5-3-6-12(9-11)16-14(21)17-8-4-7-15(17,2)13(19)20/h3,5-6,9H,4,7-8H2,1-2H3,(H,16,21)(H,19,20). The highest BCUT2D eigenvalue weighted by molar-refractivity contribution is 5.98. The number of carboxylic acids is 1. The number of rotatable bonds is 3. The molecule has 2 rings (SSSR count). The molecule has 6 nitrogen and oxygen atoms in total. The van der Waals surface area contributed by atoms with E-state index in [2.05, 4.69) is 5.32 Å². The molecular formula is C15H18N2O4. The lowest BCUT2D eigenvalue weighted by Gasteiger charge is -2.31. The maximum absolute atomic E-state index is 12.3. The lowest BCUT2D eigenvalue weighted by Crippen LogP contribution is -2.52. The van der Waals surface area contributed by atoms with Crippen molar-refractivity contribution in [1.82, 2.24) is 4.90 Å². The van der Waals surface area contributed by atoms with Crippen molar-refractivity contribution in [3.63, 3.8) is 0 Å². The Hall–Kier alpha value is -2.37. The number of nitrogens with one attached hydrogen (secondary N) is 1. The van der Waals surface area contributed by atoms with Gasteiger partial charge in [-0.3, -0.25) is 4.79 Å². The molecule has 1 fully saturated rings. The molecule has 6 heteroatoms. The molecule has 1 atom stereocenters. The Bertz CT molecular complexity index is 599. The number of carbonyl (C=O) groups is 3. The maximum Gasteiger partial charge on any atom is 0.329 e. The molecule has 1 aliphatic rings. The summed E-state index contributed by atoms with van der Waals surface area (Å²) in [6, 6.07) is 6.12. The van der Waals surface area contributed by atoms with Crippen LogP contribution < -0.4 is 5.32 Å². The maximum atomic E-state index is 12.3. The number of amides is 2. The van der Waals surface area contributed by atoms with E-state index in [-0.39, 0.29) is 5.78 Å². The van der Waals surface area contributed by atoms with Crippen LogP contribution in [0.25, 0.3) is 0 Å². The summed E-state index contributed by atoms with van der Waals surface area (Å²) in [6.45, 7) is 3.40. The van der Waals surface area contributed by atoms with E-state index in [0.717, 1.165) is 0 Å². The Balaban J connectivity index is 2.16. The van der Waals surface area contributed by atoms with E-state index in [1.54, 1.807) is 31.2 Å². The van der Waals surface area contributed by atoms with E-state index >= 15 is 0 Å². The number of Topliss-reactive ketones (excluding diaryl/α,β-unsaturated/α-hetero) is 1. The predicted molar refractivity (Wildman–Crippen MR) is 77.4 cm³/mol. The van der Waals surface area contributed by atoms with Crippen molar-refractivity contribution in [2.45, 2.75) is 32.2 Å². The Labute approximate surface area is 122 Å². The van der Waals surface area contributed by atoms with Crippen molar-refractivity contribution >= 4 is 23.5 Å². The third-order valence-corrected chi connectivity index (χ3v) is 3.87. The molecule has 112 valence electrons. The molecule has 2 N–H and O–H groups in total. The average Bonchev–Trinajstić information content (AvgIpc) is 2.82. The largest absolute Gasteiger partial charge is 0.480 e. The Morgan fingerprint density at radius 3 is 2.67 bits per heavy atom. The van der Waals surface area contributed by atoms with Gasteiger partial charge in [0, 0.05) is 17.8 Å². The Morgan fingerprint density at radius 2 is 2.05 bits per heavy atom. The molecule has 0 spiro atoms. The van der Waals surface area contributed by atoms with Crippen molar-refractivity contribution < 1.29 is 19.5 Å². The molecular weight excluding hydrogens is 272 g/mol. The Morgan fingerprint density at radius 1 is 1.33 bits per heavy atom. The van der Waals surface area contributed by atoms with Crippen LogP contribution in [0.4, 0.5) is 10.5 Å². The predicted octanol–water partition coefficient (Wildman–Crippen LogP) is 2.36. The van der Waals surface area contributed by atoms with Crippen LogP contribution in [0.5, 0.6) is 0 Å². The molecule has 0 bridgehead atoms. The lowest BCUT2D eigenvalue weighted by molar-refractivity contribution is -0.146. The SMILES string of the molecule is CC(=O)c1cccc(NC(=O)N2CCCC2(C)C(=O)O)c1. The molecule has 1 unspecified atom stereocenters. The lowest BCUT2D eigenvalue weighted by atomic mass is 10.00. The highest BCUT2D eigenvalue weighted by Gasteiger charge is 2.46. The minimum atomic E-state index is -1.18. The highest BCUT2D eigenvalue weighted by Crippen LogP contribution is 2.30. The van der Waals surface area contributed by atoms with Gasteiger partial charge in [-0.2, -0.15) is 0 Å². The number of anilines is 1. The molecule has 0 aromatic heterocycles. The van der Waals surface area contributed by atoms with Crippen LogP contribution in [0.3, 0.4) is 0 Å². The first-order chi connectivity index (χ1) is 9.84.